The lowest BCUT2D eigenvalue weighted by Crippen LogP contribution is -2.59. The summed E-state index contributed by atoms with van der Waals surface area (Å²) in [5.41, 5.74) is 2.83. The van der Waals surface area contributed by atoms with Crippen molar-refractivity contribution < 1.29 is 19.1 Å². The van der Waals surface area contributed by atoms with Gasteiger partial charge in [0.05, 0.1) is 12.0 Å². The molecule has 2 atom stereocenters. The zero-order valence-electron chi connectivity index (χ0n) is 17.7. The smallest absolute Gasteiger partial charge is 0.338 e. The predicted octanol–water partition coefficient (Wildman–Crippen LogP) is 3.07. The first kappa shape index (κ1) is 20.6. The Morgan fingerprint density at radius 1 is 1.07 bits per heavy atom. The van der Waals surface area contributed by atoms with Gasteiger partial charge in [0.2, 0.25) is 11.7 Å². The second-order valence-corrected chi connectivity index (χ2v) is 8.57. The lowest BCUT2D eigenvalue weighted by Gasteiger charge is -2.46. The molecule has 1 amide bonds. The van der Waals surface area contributed by atoms with Gasteiger partial charge in [-0.15, -0.1) is 0 Å². The van der Waals surface area contributed by atoms with Gasteiger partial charge < -0.3 is 19.7 Å². The number of amides is 1. The van der Waals surface area contributed by atoms with Crippen LogP contribution < -0.4 is 5.32 Å². The monoisotopic (exact) mass is 408 g/mol. The number of hydrogen-bond donors (Lipinski definition) is 1. The Morgan fingerprint density at radius 2 is 1.73 bits per heavy atom. The van der Waals surface area contributed by atoms with Gasteiger partial charge in [-0.25, -0.2) is 4.79 Å². The van der Waals surface area contributed by atoms with Crippen LogP contribution in [0.5, 0.6) is 0 Å². The van der Waals surface area contributed by atoms with Crippen molar-refractivity contribution in [1.82, 2.24) is 10.2 Å². The number of ether oxygens (including phenoxy) is 2. The van der Waals surface area contributed by atoms with E-state index in [1.807, 2.05) is 23.1 Å². The van der Waals surface area contributed by atoms with Crippen LogP contribution in [0.1, 0.15) is 32.8 Å². The molecule has 4 rings (SSSR count). The van der Waals surface area contributed by atoms with E-state index >= 15 is 0 Å². The summed E-state index contributed by atoms with van der Waals surface area (Å²) in [4.78, 5) is 27.1. The van der Waals surface area contributed by atoms with E-state index in [1.165, 1.54) is 0 Å². The van der Waals surface area contributed by atoms with Gasteiger partial charge in [0.1, 0.15) is 0 Å². The summed E-state index contributed by atoms with van der Waals surface area (Å²) in [5, 5.41) is 3.40. The quantitative estimate of drug-likeness (QED) is 0.788. The fourth-order valence-electron chi connectivity index (χ4n) is 4.29. The van der Waals surface area contributed by atoms with Crippen molar-refractivity contribution in [3.63, 3.8) is 0 Å². The van der Waals surface area contributed by atoms with Crippen molar-refractivity contribution in [3.05, 3.63) is 60.2 Å². The average molecular weight is 408 g/mol. The second kappa shape index (κ2) is 7.85. The molecule has 0 radical (unpaired) electrons. The first-order valence-corrected chi connectivity index (χ1v) is 10.4. The second-order valence-electron chi connectivity index (χ2n) is 8.57. The van der Waals surface area contributed by atoms with Crippen molar-refractivity contribution in [2.75, 3.05) is 19.6 Å². The van der Waals surface area contributed by atoms with Crippen LogP contribution in [0.15, 0.2) is 54.6 Å². The van der Waals surface area contributed by atoms with E-state index in [1.54, 1.807) is 13.8 Å². The molecule has 2 aromatic rings. The molecule has 2 fully saturated rings. The maximum atomic E-state index is 13.2. The molecule has 2 aliphatic heterocycles. The van der Waals surface area contributed by atoms with Gasteiger partial charge in [-0.2, -0.15) is 0 Å². The largest absolute Gasteiger partial charge is 0.432 e. The Balaban J connectivity index is 1.55. The zero-order valence-corrected chi connectivity index (χ0v) is 17.7. The Hall–Kier alpha value is -2.70. The van der Waals surface area contributed by atoms with Crippen LogP contribution in [-0.2, 0) is 24.6 Å². The third-order valence-corrected chi connectivity index (χ3v) is 5.89. The summed E-state index contributed by atoms with van der Waals surface area (Å²) in [5.74, 6) is -1.56. The minimum Gasteiger partial charge on any atom is -0.432 e. The number of rotatable bonds is 4. The molecule has 1 N–H and O–H groups in total. The highest BCUT2D eigenvalue weighted by molar-refractivity contribution is 5.86. The number of hydrogen-bond acceptors (Lipinski definition) is 5. The third kappa shape index (κ3) is 3.98. The summed E-state index contributed by atoms with van der Waals surface area (Å²) < 4.78 is 10.8. The van der Waals surface area contributed by atoms with E-state index in [9.17, 15) is 9.59 Å². The van der Waals surface area contributed by atoms with Gasteiger partial charge in [0.25, 0.3) is 0 Å². The SMILES string of the molecule is CC1(C)OC(=O)[C@H](CC(=O)N2CCNC[C@@]2(C)c2ccc(-c3ccccc3)cc2)O1. The lowest BCUT2D eigenvalue weighted by atomic mass is 9.86. The normalized spacial score (nSPS) is 25.8. The topological polar surface area (TPSA) is 67.9 Å². The maximum absolute atomic E-state index is 13.2. The first-order chi connectivity index (χ1) is 14.3. The molecule has 6 nitrogen and oxygen atoms in total. The summed E-state index contributed by atoms with van der Waals surface area (Å²) in [6.45, 7) is 7.35. The molecule has 0 unspecified atom stereocenters. The molecule has 0 aliphatic carbocycles. The Morgan fingerprint density at radius 3 is 2.37 bits per heavy atom. The highest BCUT2D eigenvalue weighted by atomic mass is 16.8. The van der Waals surface area contributed by atoms with Gasteiger partial charge in [0.15, 0.2) is 6.10 Å². The van der Waals surface area contributed by atoms with Crippen LogP contribution in [0, 0.1) is 0 Å². The Kier molecular flexibility index (Phi) is 5.38. The van der Waals surface area contributed by atoms with Crippen molar-refractivity contribution in [1.29, 1.82) is 0 Å². The van der Waals surface area contributed by atoms with E-state index in [4.69, 9.17) is 9.47 Å². The van der Waals surface area contributed by atoms with Gasteiger partial charge in [-0.05, 0) is 23.6 Å². The Bertz CT molecular complexity index is 926. The number of nitrogens with one attached hydrogen (secondary N) is 1. The molecular formula is C24H28N2O4. The molecule has 0 saturated carbocycles. The molecule has 30 heavy (non-hydrogen) atoms. The third-order valence-electron chi connectivity index (χ3n) is 5.89. The number of carbonyl (C=O) groups excluding carboxylic acids is 2. The van der Waals surface area contributed by atoms with Crippen LogP contribution >= 0.6 is 0 Å². The molecule has 2 heterocycles. The van der Waals surface area contributed by atoms with Crippen molar-refractivity contribution in [3.8, 4) is 11.1 Å². The molecular weight excluding hydrogens is 380 g/mol. The first-order valence-electron chi connectivity index (χ1n) is 10.4. The van der Waals surface area contributed by atoms with Gasteiger partial charge in [-0.1, -0.05) is 54.6 Å². The minimum absolute atomic E-state index is 0.0139. The lowest BCUT2D eigenvalue weighted by molar-refractivity contribution is -0.161. The van der Waals surface area contributed by atoms with E-state index in [-0.39, 0.29) is 12.3 Å². The Labute approximate surface area is 177 Å². The molecule has 158 valence electrons. The number of carbonyl (C=O) groups is 2. The molecule has 6 heteroatoms. The maximum Gasteiger partial charge on any atom is 0.338 e. The summed E-state index contributed by atoms with van der Waals surface area (Å²) in [6, 6.07) is 18.5. The van der Waals surface area contributed by atoms with Crippen LogP contribution in [0.3, 0.4) is 0 Å². The number of benzene rings is 2. The van der Waals surface area contributed by atoms with Gasteiger partial charge >= 0.3 is 5.97 Å². The molecule has 0 spiro atoms. The molecule has 2 aromatic carbocycles. The summed E-state index contributed by atoms with van der Waals surface area (Å²) in [7, 11) is 0. The minimum atomic E-state index is -0.984. The van der Waals surface area contributed by atoms with Crippen LogP contribution in [-0.4, -0.2) is 48.3 Å². The van der Waals surface area contributed by atoms with Gasteiger partial charge in [0, 0.05) is 33.5 Å². The fraction of sp³-hybridized carbons (Fsp3) is 0.417. The number of cyclic esters (lactones) is 1. The highest BCUT2D eigenvalue weighted by Crippen LogP contribution is 2.33. The number of esters is 1. The predicted molar refractivity (Wildman–Crippen MR) is 113 cm³/mol. The van der Waals surface area contributed by atoms with Crippen molar-refractivity contribution in [2.45, 2.75) is 44.6 Å². The van der Waals surface area contributed by atoms with Crippen molar-refractivity contribution >= 4 is 11.9 Å². The van der Waals surface area contributed by atoms with E-state index in [0.29, 0.717) is 19.6 Å². The summed E-state index contributed by atoms with van der Waals surface area (Å²) >= 11 is 0. The zero-order chi connectivity index (χ0) is 21.4. The molecule has 2 aliphatic rings. The molecule has 0 bridgehead atoms. The standard InChI is InChI=1S/C24H28N2O4/c1-23(2)29-20(22(28)30-23)15-21(27)26-14-13-25-16-24(26,3)19-11-9-18(10-12-19)17-7-5-4-6-8-17/h4-12,20,25H,13-16H2,1-3H3/t20-,24-/m0/s1. The van der Waals surface area contributed by atoms with Crippen LogP contribution in [0.4, 0.5) is 0 Å². The van der Waals surface area contributed by atoms with E-state index < -0.39 is 23.4 Å². The summed E-state index contributed by atoms with van der Waals surface area (Å²) in [6.07, 6.45) is -0.868. The van der Waals surface area contributed by atoms with Crippen molar-refractivity contribution in [2.24, 2.45) is 0 Å². The number of nitrogens with zero attached hydrogens (tertiary/aromatic N) is 1. The average Bonchev–Trinajstić information content (AvgIpc) is 3.00. The fourth-order valence-corrected chi connectivity index (χ4v) is 4.29. The molecule has 2 saturated heterocycles. The van der Waals surface area contributed by atoms with Crippen LogP contribution in [0.25, 0.3) is 11.1 Å². The number of piperazine rings is 1. The highest BCUT2D eigenvalue weighted by Gasteiger charge is 2.45. The molecule has 0 aromatic heterocycles. The van der Waals surface area contributed by atoms with Gasteiger partial charge in [-0.3, -0.25) is 4.79 Å². The van der Waals surface area contributed by atoms with E-state index in [2.05, 4.69) is 48.6 Å². The van der Waals surface area contributed by atoms with Crippen LogP contribution in [0.2, 0.25) is 0 Å². The van der Waals surface area contributed by atoms with E-state index in [0.717, 1.165) is 16.7 Å².